The van der Waals surface area contributed by atoms with Crippen LogP contribution in [-0.2, 0) is 0 Å². The van der Waals surface area contributed by atoms with E-state index in [9.17, 15) is 14.9 Å². The number of nitrogens with one attached hydrogen (secondary N) is 1. The fourth-order valence-electron chi connectivity index (χ4n) is 2.04. The number of hydrogen-bond acceptors (Lipinski definition) is 5. The zero-order valence-corrected chi connectivity index (χ0v) is 13.7. The summed E-state index contributed by atoms with van der Waals surface area (Å²) in [4.78, 5) is 26.8. The number of amides is 1. The topological polar surface area (TPSA) is 85.1 Å². The molecule has 1 aromatic heterocycles. The van der Waals surface area contributed by atoms with Gasteiger partial charge in [-0.1, -0.05) is 29.8 Å². The Bertz CT molecular complexity index is 926. The van der Waals surface area contributed by atoms with Crippen LogP contribution in [-0.4, -0.2) is 15.8 Å². The van der Waals surface area contributed by atoms with E-state index in [1.54, 1.807) is 17.5 Å². The van der Waals surface area contributed by atoms with Crippen molar-refractivity contribution < 1.29 is 9.72 Å². The SMILES string of the molecule is O=C(Nc1nc(-c2cccc(Cl)c2)cs1)c1cccc([N+](=O)[O-])c1. The van der Waals surface area contributed by atoms with Crippen molar-refractivity contribution in [2.75, 3.05) is 5.32 Å². The van der Waals surface area contributed by atoms with Gasteiger partial charge in [-0.2, -0.15) is 0 Å². The van der Waals surface area contributed by atoms with Crippen LogP contribution in [0.4, 0.5) is 10.8 Å². The highest BCUT2D eigenvalue weighted by Crippen LogP contribution is 2.27. The molecule has 1 amide bonds. The third-order valence-electron chi connectivity index (χ3n) is 3.16. The van der Waals surface area contributed by atoms with E-state index in [1.165, 1.54) is 35.6 Å². The van der Waals surface area contributed by atoms with Gasteiger partial charge in [0.2, 0.25) is 0 Å². The van der Waals surface area contributed by atoms with E-state index >= 15 is 0 Å². The Kier molecular flexibility index (Phi) is 4.54. The van der Waals surface area contributed by atoms with Gasteiger partial charge in [0, 0.05) is 33.7 Å². The number of anilines is 1. The summed E-state index contributed by atoms with van der Waals surface area (Å²) < 4.78 is 0. The molecular formula is C16H10ClN3O3S. The molecule has 0 saturated heterocycles. The van der Waals surface area contributed by atoms with Crippen LogP contribution in [0.3, 0.4) is 0 Å². The summed E-state index contributed by atoms with van der Waals surface area (Å²) in [6, 6.07) is 12.8. The van der Waals surface area contributed by atoms with Crippen LogP contribution in [0.25, 0.3) is 11.3 Å². The smallest absolute Gasteiger partial charge is 0.270 e. The number of nitrogens with zero attached hydrogens (tertiary/aromatic N) is 2. The van der Waals surface area contributed by atoms with Crippen molar-refractivity contribution >= 4 is 39.7 Å². The number of rotatable bonds is 4. The van der Waals surface area contributed by atoms with Gasteiger partial charge in [0.05, 0.1) is 10.6 Å². The molecule has 0 aliphatic heterocycles. The molecule has 0 unspecified atom stereocenters. The van der Waals surface area contributed by atoms with Crippen molar-refractivity contribution in [3.8, 4) is 11.3 Å². The second-order valence-corrected chi connectivity index (χ2v) is 6.10. The molecule has 6 nitrogen and oxygen atoms in total. The van der Waals surface area contributed by atoms with Crippen LogP contribution in [0.15, 0.2) is 53.9 Å². The van der Waals surface area contributed by atoms with E-state index in [-0.39, 0.29) is 11.3 Å². The molecule has 8 heteroatoms. The van der Waals surface area contributed by atoms with Gasteiger partial charge in [-0.15, -0.1) is 11.3 Å². The highest BCUT2D eigenvalue weighted by molar-refractivity contribution is 7.14. The Hall–Kier alpha value is -2.77. The Balaban J connectivity index is 1.78. The quantitative estimate of drug-likeness (QED) is 0.543. The number of aromatic nitrogens is 1. The first-order valence-electron chi connectivity index (χ1n) is 6.80. The van der Waals surface area contributed by atoms with E-state index in [0.29, 0.717) is 15.8 Å². The Morgan fingerprint density at radius 2 is 2.00 bits per heavy atom. The van der Waals surface area contributed by atoms with Gasteiger partial charge in [-0.25, -0.2) is 4.98 Å². The zero-order valence-electron chi connectivity index (χ0n) is 12.1. The summed E-state index contributed by atoms with van der Waals surface area (Å²) in [6.45, 7) is 0. The lowest BCUT2D eigenvalue weighted by Gasteiger charge is -2.01. The molecule has 0 aliphatic rings. The number of benzene rings is 2. The summed E-state index contributed by atoms with van der Waals surface area (Å²) in [7, 11) is 0. The number of carbonyl (C=O) groups excluding carboxylic acids is 1. The van der Waals surface area contributed by atoms with Crippen LogP contribution >= 0.6 is 22.9 Å². The molecular weight excluding hydrogens is 350 g/mol. The fourth-order valence-corrected chi connectivity index (χ4v) is 2.95. The monoisotopic (exact) mass is 359 g/mol. The van der Waals surface area contributed by atoms with Gasteiger partial charge in [0.1, 0.15) is 0 Å². The second kappa shape index (κ2) is 6.77. The molecule has 2 aromatic carbocycles. The maximum absolute atomic E-state index is 12.2. The van der Waals surface area contributed by atoms with E-state index in [1.807, 2.05) is 12.1 Å². The molecule has 24 heavy (non-hydrogen) atoms. The molecule has 1 heterocycles. The molecule has 3 rings (SSSR count). The van der Waals surface area contributed by atoms with Crippen molar-refractivity contribution in [2.24, 2.45) is 0 Å². The maximum Gasteiger partial charge on any atom is 0.270 e. The molecule has 1 N–H and O–H groups in total. The van der Waals surface area contributed by atoms with Crippen molar-refractivity contribution in [1.82, 2.24) is 4.98 Å². The molecule has 0 fully saturated rings. The largest absolute Gasteiger partial charge is 0.298 e. The minimum atomic E-state index is -0.544. The third-order valence-corrected chi connectivity index (χ3v) is 4.16. The van der Waals surface area contributed by atoms with E-state index in [0.717, 1.165) is 5.56 Å². The summed E-state index contributed by atoms with van der Waals surface area (Å²) in [6.07, 6.45) is 0. The molecule has 3 aromatic rings. The number of thiazole rings is 1. The van der Waals surface area contributed by atoms with Crippen LogP contribution in [0.2, 0.25) is 5.02 Å². The second-order valence-electron chi connectivity index (χ2n) is 4.81. The van der Waals surface area contributed by atoms with Crippen LogP contribution in [0.5, 0.6) is 0 Å². The minimum Gasteiger partial charge on any atom is -0.298 e. The van der Waals surface area contributed by atoms with Crippen molar-refractivity contribution in [3.63, 3.8) is 0 Å². The Labute approximate surface area is 145 Å². The zero-order chi connectivity index (χ0) is 17.1. The van der Waals surface area contributed by atoms with Crippen molar-refractivity contribution in [3.05, 3.63) is 74.6 Å². The standard InChI is InChI=1S/C16H10ClN3O3S/c17-12-5-1-3-10(7-12)14-9-24-16(18-14)19-15(21)11-4-2-6-13(8-11)20(22)23/h1-9H,(H,18,19,21). The van der Waals surface area contributed by atoms with E-state index < -0.39 is 10.8 Å². The maximum atomic E-state index is 12.2. The van der Waals surface area contributed by atoms with Crippen LogP contribution in [0, 0.1) is 10.1 Å². The predicted molar refractivity (Wildman–Crippen MR) is 93.6 cm³/mol. The molecule has 0 atom stereocenters. The molecule has 0 aliphatic carbocycles. The van der Waals surface area contributed by atoms with Crippen LogP contribution in [0.1, 0.15) is 10.4 Å². The van der Waals surface area contributed by atoms with Crippen molar-refractivity contribution in [1.29, 1.82) is 0 Å². The normalized spacial score (nSPS) is 10.4. The van der Waals surface area contributed by atoms with Gasteiger partial charge in [0.25, 0.3) is 11.6 Å². The number of nitro groups is 1. The number of nitro benzene ring substituents is 1. The Morgan fingerprint density at radius 3 is 2.75 bits per heavy atom. The molecule has 0 bridgehead atoms. The van der Waals surface area contributed by atoms with E-state index in [2.05, 4.69) is 10.3 Å². The summed E-state index contributed by atoms with van der Waals surface area (Å²) >= 11 is 7.22. The van der Waals surface area contributed by atoms with Gasteiger partial charge >= 0.3 is 0 Å². The van der Waals surface area contributed by atoms with Crippen molar-refractivity contribution in [2.45, 2.75) is 0 Å². The third kappa shape index (κ3) is 3.58. The summed E-state index contributed by atoms with van der Waals surface area (Å²) in [5.74, 6) is -0.453. The first-order valence-corrected chi connectivity index (χ1v) is 8.06. The highest BCUT2D eigenvalue weighted by Gasteiger charge is 2.13. The predicted octanol–water partition coefficient (Wildman–Crippen LogP) is 4.62. The number of non-ortho nitro benzene ring substituents is 1. The lowest BCUT2D eigenvalue weighted by Crippen LogP contribution is -2.11. The van der Waals surface area contributed by atoms with Gasteiger partial charge in [0.15, 0.2) is 5.13 Å². The van der Waals surface area contributed by atoms with E-state index in [4.69, 9.17) is 11.6 Å². The average molecular weight is 360 g/mol. The summed E-state index contributed by atoms with van der Waals surface area (Å²) in [5.41, 5.74) is 1.59. The number of halogens is 1. The summed E-state index contributed by atoms with van der Waals surface area (Å²) in [5, 5.41) is 16.2. The molecule has 0 saturated carbocycles. The lowest BCUT2D eigenvalue weighted by atomic mass is 10.2. The molecule has 0 radical (unpaired) electrons. The van der Waals surface area contributed by atoms with Gasteiger partial charge < -0.3 is 0 Å². The van der Waals surface area contributed by atoms with Crippen LogP contribution < -0.4 is 5.32 Å². The van der Waals surface area contributed by atoms with Gasteiger partial charge in [-0.3, -0.25) is 20.2 Å². The highest BCUT2D eigenvalue weighted by atomic mass is 35.5. The fraction of sp³-hybridized carbons (Fsp3) is 0. The molecule has 0 spiro atoms. The molecule has 120 valence electrons. The first kappa shape index (κ1) is 16.1. The minimum absolute atomic E-state index is 0.138. The lowest BCUT2D eigenvalue weighted by molar-refractivity contribution is -0.384. The Morgan fingerprint density at radius 1 is 1.21 bits per heavy atom. The van der Waals surface area contributed by atoms with Gasteiger partial charge in [-0.05, 0) is 18.2 Å². The first-order chi connectivity index (χ1) is 11.5. The number of carbonyl (C=O) groups is 1. The average Bonchev–Trinajstić information content (AvgIpc) is 3.03. The number of hydrogen-bond donors (Lipinski definition) is 1.